The van der Waals surface area contributed by atoms with Crippen LogP contribution in [-0.2, 0) is 4.79 Å². The highest BCUT2D eigenvalue weighted by atomic mass is 16.2. The highest BCUT2D eigenvalue weighted by molar-refractivity contribution is 5.95. The summed E-state index contributed by atoms with van der Waals surface area (Å²) < 4.78 is 0. The number of rotatable bonds is 3. The van der Waals surface area contributed by atoms with Gasteiger partial charge in [0.2, 0.25) is 5.91 Å². The lowest BCUT2D eigenvalue weighted by Gasteiger charge is -2.41. The molecule has 1 N–H and O–H groups in total. The average Bonchev–Trinajstić information content (AvgIpc) is 2.74. The first kappa shape index (κ1) is 17.7. The molecule has 140 valence electrons. The summed E-state index contributed by atoms with van der Waals surface area (Å²) in [5.74, 6) is 0.203. The number of nitrogens with zero attached hydrogens (tertiary/aromatic N) is 2. The number of carbonyl (C=O) groups excluding carboxylic acids is 2. The lowest BCUT2D eigenvalue weighted by atomic mass is 10.0. The standard InChI is InChI=1S/C22H25N3O2/c26-21-15-23-12-14-25(21)20-7-4-13-24(16-20)22(27)19-10-8-18(9-11-19)17-5-2-1-3-6-17/h1-3,5-6,8-11,20,23H,4,7,12-16H2. The number of benzene rings is 2. The van der Waals surface area contributed by atoms with E-state index in [1.807, 2.05) is 52.3 Å². The van der Waals surface area contributed by atoms with Crippen LogP contribution in [0.25, 0.3) is 11.1 Å². The van der Waals surface area contributed by atoms with Gasteiger partial charge in [0.05, 0.1) is 6.54 Å². The molecule has 0 aliphatic carbocycles. The molecule has 5 heteroatoms. The summed E-state index contributed by atoms with van der Waals surface area (Å²) in [6, 6.07) is 18.1. The quantitative estimate of drug-likeness (QED) is 0.911. The molecule has 1 atom stereocenters. The van der Waals surface area contributed by atoms with Gasteiger partial charge in [-0.05, 0) is 36.1 Å². The Hall–Kier alpha value is -2.66. The van der Waals surface area contributed by atoms with Gasteiger partial charge in [-0.3, -0.25) is 9.59 Å². The topological polar surface area (TPSA) is 52.7 Å². The van der Waals surface area contributed by atoms with Gasteiger partial charge in [0.25, 0.3) is 5.91 Å². The summed E-state index contributed by atoms with van der Waals surface area (Å²) in [5, 5.41) is 3.11. The third kappa shape index (κ3) is 3.88. The summed E-state index contributed by atoms with van der Waals surface area (Å²) in [6.45, 7) is 3.36. The minimum absolute atomic E-state index is 0.0573. The van der Waals surface area contributed by atoms with Crippen molar-refractivity contribution in [2.24, 2.45) is 0 Å². The number of amides is 2. The highest BCUT2D eigenvalue weighted by Crippen LogP contribution is 2.22. The number of hydrogen-bond acceptors (Lipinski definition) is 3. The van der Waals surface area contributed by atoms with Gasteiger partial charge in [0.15, 0.2) is 0 Å². The van der Waals surface area contributed by atoms with Crippen molar-refractivity contribution >= 4 is 11.8 Å². The molecule has 0 bridgehead atoms. The van der Waals surface area contributed by atoms with Gasteiger partial charge >= 0.3 is 0 Å². The first-order valence-corrected chi connectivity index (χ1v) is 9.67. The number of hydrogen-bond donors (Lipinski definition) is 1. The molecule has 2 heterocycles. The molecule has 2 amide bonds. The molecule has 0 spiro atoms. The number of piperidine rings is 1. The molecule has 0 radical (unpaired) electrons. The fourth-order valence-corrected chi connectivity index (χ4v) is 4.02. The monoisotopic (exact) mass is 363 g/mol. The van der Waals surface area contributed by atoms with E-state index in [9.17, 15) is 9.59 Å². The van der Waals surface area contributed by atoms with Gasteiger partial charge in [-0.1, -0.05) is 42.5 Å². The average molecular weight is 363 g/mol. The van der Waals surface area contributed by atoms with Crippen LogP contribution in [0.5, 0.6) is 0 Å². The molecule has 2 saturated heterocycles. The maximum absolute atomic E-state index is 13.0. The second-order valence-corrected chi connectivity index (χ2v) is 7.25. The van der Waals surface area contributed by atoms with E-state index in [1.54, 1.807) is 0 Å². The van der Waals surface area contributed by atoms with Gasteiger partial charge < -0.3 is 15.1 Å². The van der Waals surface area contributed by atoms with E-state index in [2.05, 4.69) is 17.4 Å². The van der Waals surface area contributed by atoms with E-state index in [1.165, 1.54) is 0 Å². The highest BCUT2D eigenvalue weighted by Gasteiger charge is 2.31. The molecule has 27 heavy (non-hydrogen) atoms. The summed E-state index contributed by atoms with van der Waals surface area (Å²) in [4.78, 5) is 29.0. The number of likely N-dealkylation sites (tertiary alicyclic amines) is 1. The van der Waals surface area contributed by atoms with Gasteiger partial charge in [-0.25, -0.2) is 0 Å². The van der Waals surface area contributed by atoms with Crippen molar-refractivity contribution in [3.8, 4) is 11.1 Å². The number of piperazine rings is 1. The lowest BCUT2D eigenvalue weighted by Crippen LogP contribution is -2.57. The maximum Gasteiger partial charge on any atom is 0.253 e. The minimum Gasteiger partial charge on any atom is -0.337 e. The fraction of sp³-hybridized carbons (Fsp3) is 0.364. The molecular weight excluding hydrogens is 338 g/mol. The maximum atomic E-state index is 13.0. The molecule has 2 aromatic carbocycles. The van der Waals surface area contributed by atoms with Crippen LogP contribution in [0.15, 0.2) is 54.6 Å². The zero-order valence-electron chi connectivity index (χ0n) is 15.4. The van der Waals surface area contributed by atoms with Crippen molar-refractivity contribution in [1.29, 1.82) is 0 Å². The van der Waals surface area contributed by atoms with E-state index in [4.69, 9.17) is 0 Å². The minimum atomic E-state index is 0.0573. The molecule has 0 saturated carbocycles. The second kappa shape index (κ2) is 7.92. The van der Waals surface area contributed by atoms with Gasteiger partial charge in [0.1, 0.15) is 0 Å². The largest absolute Gasteiger partial charge is 0.337 e. The van der Waals surface area contributed by atoms with Gasteiger partial charge in [-0.2, -0.15) is 0 Å². The van der Waals surface area contributed by atoms with Crippen LogP contribution in [0.1, 0.15) is 23.2 Å². The summed E-state index contributed by atoms with van der Waals surface area (Å²) >= 11 is 0. The molecule has 0 aromatic heterocycles. The summed E-state index contributed by atoms with van der Waals surface area (Å²) in [5.41, 5.74) is 2.96. The number of nitrogens with one attached hydrogen (secondary N) is 1. The molecule has 2 aliphatic rings. The van der Waals surface area contributed by atoms with Gasteiger partial charge in [-0.15, -0.1) is 0 Å². The lowest BCUT2D eigenvalue weighted by molar-refractivity contribution is -0.135. The van der Waals surface area contributed by atoms with Crippen molar-refractivity contribution in [2.45, 2.75) is 18.9 Å². The van der Waals surface area contributed by atoms with Crippen LogP contribution in [-0.4, -0.2) is 60.4 Å². The number of carbonyl (C=O) groups is 2. The van der Waals surface area contributed by atoms with Crippen LogP contribution < -0.4 is 5.32 Å². The summed E-state index contributed by atoms with van der Waals surface area (Å²) in [6.07, 6.45) is 1.91. The SMILES string of the molecule is O=C(c1ccc(-c2ccccc2)cc1)N1CCCC(N2CCNCC2=O)C1. The van der Waals surface area contributed by atoms with Crippen LogP contribution >= 0.6 is 0 Å². The van der Waals surface area contributed by atoms with Gasteiger partial charge in [0, 0.05) is 37.8 Å². The first-order chi connectivity index (χ1) is 13.2. The molecule has 2 aromatic rings. The van der Waals surface area contributed by atoms with Crippen LogP contribution in [0, 0.1) is 0 Å². The Balaban J connectivity index is 1.45. The third-order valence-corrected chi connectivity index (χ3v) is 5.49. The predicted molar refractivity (Wildman–Crippen MR) is 105 cm³/mol. The van der Waals surface area contributed by atoms with Crippen molar-refractivity contribution in [2.75, 3.05) is 32.7 Å². The van der Waals surface area contributed by atoms with E-state index in [-0.39, 0.29) is 17.9 Å². The normalized spacial score (nSPS) is 20.6. The zero-order valence-corrected chi connectivity index (χ0v) is 15.4. The second-order valence-electron chi connectivity index (χ2n) is 7.25. The van der Waals surface area contributed by atoms with E-state index in [0.29, 0.717) is 18.7 Å². The Bertz CT molecular complexity index is 804. The Morgan fingerprint density at radius 2 is 1.70 bits per heavy atom. The van der Waals surface area contributed by atoms with Crippen molar-refractivity contribution in [1.82, 2.24) is 15.1 Å². The Morgan fingerprint density at radius 1 is 0.963 bits per heavy atom. The van der Waals surface area contributed by atoms with E-state index < -0.39 is 0 Å². The van der Waals surface area contributed by atoms with Crippen LogP contribution in [0.4, 0.5) is 0 Å². The fourth-order valence-electron chi connectivity index (χ4n) is 4.02. The molecule has 2 fully saturated rings. The summed E-state index contributed by atoms with van der Waals surface area (Å²) in [7, 11) is 0. The first-order valence-electron chi connectivity index (χ1n) is 9.67. The third-order valence-electron chi connectivity index (χ3n) is 5.49. The predicted octanol–water partition coefficient (Wildman–Crippen LogP) is 2.39. The van der Waals surface area contributed by atoms with Crippen molar-refractivity contribution < 1.29 is 9.59 Å². The van der Waals surface area contributed by atoms with Crippen molar-refractivity contribution in [3.05, 3.63) is 60.2 Å². The smallest absolute Gasteiger partial charge is 0.253 e. The Labute approximate surface area is 160 Å². The Kier molecular flexibility index (Phi) is 5.21. The Morgan fingerprint density at radius 3 is 2.44 bits per heavy atom. The van der Waals surface area contributed by atoms with Crippen LogP contribution in [0.3, 0.4) is 0 Å². The van der Waals surface area contributed by atoms with Crippen LogP contribution in [0.2, 0.25) is 0 Å². The van der Waals surface area contributed by atoms with E-state index in [0.717, 1.165) is 43.6 Å². The molecule has 1 unspecified atom stereocenters. The molecule has 5 nitrogen and oxygen atoms in total. The van der Waals surface area contributed by atoms with Crippen molar-refractivity contribution in [3.63, 3.8) is 0 Å². The van der Waals surface area contributed by atoms with E-state index >= 15 is 0 Å². The molecule has 2 aliphatic heterocycles. The molecular formula is C22H25N3O2. The zero-order chi connectivity index (χ0) is 18.6. The molecule has 4 rings (SSSR count).